The van der Waals surface area contributed by atoms with Crippen LogP contribution in [0.2, 0.25) is 0 Å². The molecule has 3 N–H and O–H groups in total. The van der Waals surface area contributed by atoms with Crippen LogP contribution in [0.4, 0.5) is 0 Å². The fourth-order valence-corrected chi connectivity index (χ4v) is 2.24. The third-order valence-electron chi connectivity index (χ3n) is 2.41. The number of nitrogens with zero attached hydrogens (tertiary/aromatic N) is 1. The Kier molecular flexibility index (Phi) is 11.2. The monoisotopic (exact) mass is 305 g/mol. The molecular formula is C17H27N3S. The summed E-state index contributed by atoms with van der Waals surface area (Å²) in [6.07, 6.45) is 0.858. The SMILES string of the molecule is CCC#CN.CN/N=C(\C)c1ccc(SCC(C)C)cc1. The van der Waals surface area contributed by atoms with Gasteiger partial charge in [-0.3, -0.25) is 0 Å². The minimum atomic E-state index is 0.734. The van der Waals surface area contributed by atoms with Crippen molar-refractivity contribution >= 4 is 17.5 Å². The molecule has 116 valence electrons. The molecule has 1 aromatic rings. The van der Waals surface area contributed by atoms with E-state index in [9.17, 15) is 0 Å². The van der Waals surface area contributed by atoms with Crippen LogP contribution in [-0.4, -0.2) is 18.5 Å². The first-order valence-corrected chi connectivity index (χ1v) is 8.16. The molecular weight excluding hydrogens is 278 g/mol. The Morgan fingerprint density at radius 2 is 1.95 bits per heavy atom. The largest absolute Gasteiger partial charge is 0.359 e. The van der Waals surface area contributed by atoms with E-state index in [4.69, 9.17) is 5.73 Å². The van der Waals surface area contributed by atoms with Gasteiger partial charge in [-0.1, -0.05) is 38.8 Å². The number of nitrogens with one attached hydrogen (secondary N) is 1. The maximum Gasteiger partial charge on any atom is 0.0644 e. The number of benzene rings is 1. The third kappa shape index (κ3) is 9.86. The summed E-state index contributed by atoms with van der Waals surface area (Å²) in [6, 6.07) is 10.8. The first-order chi connectivity index (χ1) is 10.0. The first-order valence-electron chi connectivity index (χ1n) is 7.17. The van der Waals surface area contributed by atoms with Crippen molar-refractivity contribution < 1.29 is 0 Å². The molecule has 4 heteroatoms. The van der Waals surface area contributed by atoms with Crippen molar-refractivity contribution in [2.45, 2.75) is 39.0 Å². The predicted octanol–water partition coefficient (Wildman–Crippen LogP) is 3.69. The van der Waals surface area contributed by atoms with Gasteiger partial charge in [0, 0.05) is 30.2 Å². The highest BCUT2D eigenvalue weighted by atomic mass is 32.2. The highest BCUT2D eigenvalue weighted by Crippen LogP contribution is 2.21. The van der Waals surface area contributed by atoms with E-state index in [0.29, 0.717) is 0 Å². The van der Waals surface area contributed by atoms with Gasteiger partial charge in [-0.25, -0.2) is 0 Å². The van der Waals surface area contributed by atoms with E-state index in [2.05, 4.69) is 60.6 Å². The van der Waals surface area contributed by atoms with Gasteiger partial charge in [-0.2, -0.15) is 5.10 Å². The predicted molar refractivity (Wildman–Crippen MR) is 95.5 cm³/mol. The van der Waals surface area contributed by atoms with Gasteiger partial charge in [0.1, 0.15) is 0 Å². The Bertz CT molecular complexity index is 467. The number of hydrazone groups is 1. The molecule has 0 amide bonds. The van der Waals surface area contributed by atoms with Crippen LogP contribution in [0, 0.1) is 17.9 Å². The van der Waals surface area contributed by atoms with Crippen LogP contribution in [0.1, 0.15) is 39.7 Å². The molecule has 0 heterocycles. The second kappa shape index (κ2) is 12.2. The second-order valence-corrected chi connectivity index (χ2v) is 5.92. The number of thioether (sulfide) groups is 1. The van der Waals surface area contributed by atoms with Gasteiger partial charge < -0.3 is 11.2 Å². The minimum absolute atomic E-state index is 0.734. The molecule has 0 saturated carbocycles. The molecule has 0 spiro atoms. The maximum atomic E-state index is 4.78. The summed E-state index contributed by atoms with van der Waals surface area (Å²) >= 11 is 1.91. The van der Waals surface area contributed by atoms with Crippen molar-refractivity contribution in [3.8, 4) is 12.0 Å². The van der Waals surface area contributed by atoms with Crippen molar-refractivity contribution in [3.63, 3.8) is 0 Å². The van der Waals surface area contributed by atoms with Crippen LogP contribution < -0.4 is 11.2 Å². The molecule has 0 fully saturated rings. The molecule has 3 nitrogen and oxygen atoms in total. The molecule has 0 aliphatic rings. The van der Waals surface area contributed by atoms with Gasteiger partial charge >= 0.3 is 0 Å². The second-order valence-electron chi connectivity index (χ2n) is 4.82. The van der Waals surface area contributed by atoms with E-state index >= 15 is 0 Å². The zero-order chi connectivity index (χ0) is 16.1. The smallest absolute Gasteiger partial charge is 0.0644 e. The summed E-state index contributed by atoms with van der Waals surface area (Å²) < 4.78 is 0. The molecule has 1 aromatic carbocycles. The summed E-state index contributed by atoms with van der Waals surface area (Å²) in [5.74, 6) is 4.54. The lowest BCUT2D eigenvalue weighted by Gasteiger charge is -2.05. The van der Waals surface area contributed by atoms with Crippen LogP contribution in [0.15, 0.2) is 34.3 Å². The van der Waals surface area contributed by atoms with E-state index in [-0.39, 0.29) is 0 Å². The Hall–Kier alpha value is -1.60. The Morgan fingerprint density at radius 1 is 1.33 bits per heavy atom. The lowest BCUT2D eigenvalue weighted by Crippen LogP contribution is -2.02. The molecule has 0 aliphatic heterocycles. The van der Waals surface area contributed by atoms with Crippen molar-refractivity contribution in [2.24, 2.45) is 16.8 Å². The molecule has 0 saturated heterocycles. The Labute approximate surface area is 133 Å². The Morgan fingerprint density at radius 3 is 2.33 bits per heavy atom. The van der Waals surface area contributed by atoms with E-state index in [1.165, 1.54) is 16.2 Å². The van der Waals surface area contributed by atoms with Gasteiger partial charge in [0.25, 0.3) is 0 Å². The highest BCUT2D eigenvalue weighted by Gasteiger charge is 2.00. The van der Waals surface area contributed by atoms with E-state index in [1.54, 1.807) is 0 Å². The first kappa shape index (κ1) is 19.4. The molecule has 0 aromatic heterocycles. The zero-order valence-corrected chi connectivity index (χ0v) is 14.6. The molecule has 1 rings (SSSR count). The molecule has 0 unspecified atom stereocenters. The Balaban J connectivity index is 0.000000690. The van der Waals surface area contributed by atoms with Crippen molar-refractivity contribution in [3.05, 3.63) is 29.8 Å². The topological polar surface area (TPSA) is 50.4 Å². The standard InChI is InChI=1S/C13H20N2S.C4H7N/c1-10(2)9-16-13-7-5-12(6-8-13)11(3)15-14-4;1-2-3-4-5/h5-8,10,14H,9H2,1-4H3;2,5H2,1H3/b15-11+;. The summed E-state index contributed by atoms with van der Waals surface area (Å²) in [4.78, 5) is 1.33. The summed E-state index contributed by atoms with van der Waals surface area (Å²) in [5.41, 5.74) is 9.77. The van der Waals surface area contributed by atoms with Crippen LogP contribution >= 0.6 is 11.8 Å². The third-order valence-corrected chi connectivity index (χ3v) is 3.85. The van der Waals surface area contributed by atoms with Crippen LogP contribution in [0.3, 0.4) is 0 Å². The fraction of sp³-hybridized carbons (Fsp3) is 0.471. The highest BCUT2D eigenvalue weighted by molar-refractivity contribution is 7.99. The lowest BCUT2D eigenvalue weighted by atomic mass is 10.1. The lowest BCUT2D eigenvalue weighted by molar-refractivity contribution is 0.750. The summed E-state index contributed by atoms with van der Waals surface area (Å²) in [5, 5.41) is 4.16. The molecule has 0 aliphatic carbocycles. The van der Waals surface area contributed by atoms with Gasteiger partial charge in [0.05, 0.1) is 5.71 Å². The van der Waals surface area contributed by atoms with Crippen molar-refractivity contribution in [1.29, 1.82) is 0 Å². The minimum Gasteiger partial charge on any atom is -0.359 e. The molecule has 21 heavy (non-hydrogen) atoms. The number of nitrogens with two attached hydrogens (primary N) is 1. The van der Waals surface area contributed by atoms with Gasteiger partial charge in [0.15, 0.2) is 0 Å². The molecule has 0 bridgehead atoms. The number of hydrogen-bond donors (Lipinski definition) is 2. The van der Waals surface area contributed by atoms with Crippen molar-refractivity contribution in [2.75, 3.05) is 12.8 Å². The summed E-state index contributed by atoms with van der Waals surface area (Å²) in [7, 11) is 1.82. The van der Waals surface area contributed by atoms with E-state index in [1.807, 2.05) is 32.7 Å². The fourth-order valence-electron chi connectivity index (χ4n) is 1.39. The average Bonchev–Trinajstić information content (AvgIpc) is 2.47. The maximum absolute atomic E-state index is 4.78. The quantitative estimate of drug-likeness (QED) is 0.287. The van der Waals surface area contributed by atoms with Gasteiger partial charge in [0.2, 0.25) is 0 Å². The van der Waals surface area contributed by atoms with Crippen LogP contribution in [0.25, 0.3) is 0 Å². The van der Waals surface area contributed by atoms with E-state index in [0.717, 1.165) is 18.1 Å². The zero-order valence-electron chi connectivity index (χ0n) is 13.7. The summed E-state index contributed by atoms with van der Waals surface area (Å²) in [6.45, 7) is 8.45. The molecule has 0 atom stereocenters. The molecule has 0 radical (unpaired) electrons. The van der Waals surface area contributed by atoms with E-state index < -0.39 is 0 Å². The van der Waals surface area contributed by atoms with Crippen LogP contribution in [-0.2, 0) is 0 Å². The van der Waals surface area contributed by atoms with Gasteiger partial charge in [-0.15, -0.1) is 11.8 Å². The average molecular weight is 305 g/mol. The van der Waals surface area contributed by atoms with Crippen LogP contribution in [0.5, 0.6) is 0 Å². The number of hydrogen-bond acceptors (Lipinski definition) is 4. The van der Waals surface area contributed by atoms with Gasteiger partial charge in [-0.05, 0) is 30.5 Å². The number of rotatable bonds is 5. The van der Waals surface area contributed by atoms with Crippen molar-refractivity contribution in [1.82, 2.24) is 5.43 Å². The normalized spacial score (nSPS) is 10.3.